The van der Waals surface area contributed by atoms with Gasteiger partial charge in [-0.3, -0.25) is 4.79 Å². The van der Waals surface area contributed by atoms with Crippen molar-refractivity contribution in [1.82, 2.24) is 0 Å². The Labute approximate surface area is 263 Å². The Bertz CT molecular complexity index is 1030. The predicted molar refractivity (Wildman–Crippen MR) is 183 cm³/mol. The van der Waals surface area contributed by atoms with E-state index in [1.807, 2.05) is 0 Å². The molecule has 0 bridgehead atoms. The van der Waals surface area contributed by atoms with Gasteiger partial charge in [0.2, 0.25) is 0 Å². The fourth-order valence-electron chi connectivity index (χ4n) is 2.53. The molecule has 0 unspecified atom stereocenters. The number of aliphatic hydroxyl groups excluding tert-OH is 1. The molecule has 0 atom stereocenters. The molecule has 43 heavy (non-hydrogen) atoms. The van der Waals surface area contributed by atoms with Crippen LogP contribution in [0.25, 0.3) is 0 Å². The van der Waals surface area contributed by atoms with Crippen molar-refractivity contribution in [2.24, 2.45) is 0 Å². The molecule has 0 spiro atoms. The Hall–Kier alpha value is -3.53. The number of hydrogen-bond acceptors (Lipinski definition) is 4. The number of rotatable bonds is 2. The standard InChI is InChI=1S/C12H18.2C8H10.C4H10.C3H6O2.C2H6O.CO2/c1-9-6-7-11(8-10(9)2)12(3,4)5;2*1-7-5-3-4-6-8(7)2;1-3-4-2;1-2-3(4)5;1-2-3;2-1-3/h6-8H,1-5H3;2*3-6H,1-2H3;3-4H2,1-2H3;2H2,1H3,(H,4,5);3H,2H2,1H3;. The van der Waals surface area contributed by atoms with Crippen LogP contribution in [0.4, 0.5) is 0 Å². The number of hydrogen-bond donors (Lipinski definition) is 2. The monoisotopic (exact) mass is 596 g/mol. The predicted octanol–water partition coefficient (Wildman–Crippen LogP) is 9.91. The van der Waals surface area contributed by atoms with Gasteiger partial charge in [0.1, 0.15) is 0 Å². The number of carbonyl (C=O) groups is 1. The largest absolute Gasteiger partial charge is 0.481 e. The van der Waals surface area contributed by atoms with Crippen LogP contribution >= 0.6 is 0 Å². The van der Waals surface area contributed by atoms with Crippen molar-refractivity contribution in [3.63, 3.8) is 0 Å². The van der Waals surface area contributed by atoms with Crippen molar-refractivity contribution >= 4 is 12.1 Å². The van der Waals surface area contributed by atoms with Gasteiger partial charge in [0.25, 0.3) is 0 Å². The Morgan fingerprint density at radius 2 is 0.884 bits per heavy atom. The first-order valence-corrected chi connectivity index (χ1v) is 15.0. The molecule has 3 aromatic carbocycles. The summed E-state index contributed by atoms with van der Waals surface area (Å²) in [6.45, 7) is 27.4. The van der Waals surface area contributed by atoms with E-state index in [2.05, 4.69) is 143 Å². The summed E-state index contributed by atoms with van der Waals surface area (Å²) >= 11 is 0. The van der Waals surface area contributed by atoms with Gasteiger partial charge >= 0.3 is 12.1 Å². The van der Waals surface area contributed by atoms with Gasteiger partial charge < -0.3 is 10.2 Å². The second kappa shape index (κ2) is 29.9. The highest BCUT2D eigenvalue weighted by Gasteiger charge is 2.13. The minimum atomic E-state index is -0.745. The van der Waals surface area contributed by atoms with Gasteiger partial charge in [-0.2, -0.15) is 9.59 Å². The third kappa shape index (κ3) is 31.2. The Kier molecular flexibility index (Phi) is 32.3. The number of carbonyl (C=O) groups excluding carboxylic acids is 2. The van der Waals surface area contributed by atoms with Crippen LogP contribution in [0.3, 0.4) is 0 Å². The van der Waals surface area contributed by atoms with Crippen LogP contribution in [0.5, 0.6) is 0 Å². The molecular weight excluding hydrogens is 536 g/mol. The van der Waals surface area contributed by atoms with Gasteiger partial charge in [-0.1, -0.05) is 121 Å². The van der Waals surface area contributed by atoms with Crippen LogP contribution in [0.1, 0.15) is 107 Å². The van der Waals surface area contributed by atoms with E-state index < -0.39 is 5.97 Å². The van der Waals surface area contributed by atoms with E-state index in [-0.39, 0.29) is 24.6 Å². The number of aliphatic hydroxyl groups is 1. The molecule has 0 saturated heterocycles. The Morgan fingerprint density at radius 1 is 0.628 bits per heavy atom. The van der Waals surface area contributed by atoms with Crippen molar-refractivity contribution in [3.8, 4) is 0 Å². The number of unbranched alkanes of at least 4 members (excludes halogenated alkanes) is 1. The van der Waals surface area contributed by atoms with Gasteiger partial charge in [0.15, 0.2) is 0 Å². The highest BCUT2D eigenvalue weighted by molar-refractivity contribution is 5.66. The van der Waals surface area contributed by atoms with Crippen molar-refractivity contribution in [2.45, 2.75) is 115 Å². The number of benzene rings is 3. The zero-order valence-electron chi connectivity index (χ0n) is 29.3. The molecule has 0 heterocycles. The smallest absolute Gasteiger partial charge is 0.373 e. The molecule has 0 amide bonds. The molecule has 2 N–H and O–H groups in total. The van der Waals surface area contributed by atoms with Gasteiger partial charge in [-0.05, 0) is 92.8 Å². The average Bonchev–Trinajstić information content (AvgIpc) is 2.95. The summed E-state index contributed by atoms with van der Waals surface area (Å²) in [5.74, 6) is -0.745. The molecule has 0 aliphatic rings. The van der Waals surface area contributed by atoms with E-state index in [0.29, 0.717) is 0 Å². The van der Waals surface area contributed by atoms with Crippen LogP contribution in [0.15, 0.2) is 66.7 Å². The average molecular weight is 597 g/mol. The van der Waals surface area contributed by atoms with E-state index >= 15 is 0 Å². The lowest BCUT2D eigenvalue weighted by atomic mass is 9.85. The maximum absolute atomic E-state index is 9.37. The molecule has 3 aromatic rings. The fourth-order valence-corrected chi connectivity index (χ4v) is 2.53. The second-order valence-corrected chi connectivity index (χ2v) is 10.9. The van der Waals surface area contributed by atoms with E-state index in [1.54, 1.807) is 13.8 Å². The van der Waals surface area contributed by atoms with Crippen molar-refractivity contribution in [1.29, 1.82) is 0 Å². The summed E-state index contributed by atoms with van der Waals surface area (Å²) in [6, 6.07) is 23.4. The highest BCUT2D eigenvalue weighted by Crippen LogP contribution is 2.23. The number of carboxylic acid groups (broad SMARTS) is 1. The van der Waals surface area contributed by atoms with Crippen LogP contribution in [-0.4, -0.2) is 28.9 Å². The lowest BCUT2D eigenvalue weighted by molar-refractivity contribution is -0.191. The first-order valence-electron chi connectivity index (χ1n) is 15.0. The second-order valence-electron chi connectivity index (χ2n) is 10.9. The lowest BCUT2D eigenvalue weighted by Crippen LogP contribution is -2.11. The zero-order chi connectivity index (χ0) is 34.4. The fraction of sp³-hybridized carbons (Fsp3) is 0.474. The van der Waals surface area contributed by atoms with E-state index in [4.69, 9.17) is 19.8 Å². The molecule has 242 valence electrons. The molecule has 0 radical (unpaired) electrons. The molecule has 5 nitrogen and oxygen atoms in total. The molecule has 0 aliphatic heterocycles. The Morgan fingerprint density at radius 3 is 1.05 bits per heavy atom. The number of carboxylic acids is 1. The third-order valence-corrected chi connectivity index (χ3v) is 6.03. The van der Waals surface area contributed by atoms with Crippen LogP contribution in [-0.2, 0) is 19.8 Å². The zero-order valence-corrected chi connectivity index (χ0v) is 29.3. The first kappa shape index (κ1) is 46.4. The minimum Gasteiger partial charge on any atom is -0.481 e. The van der Waals surface area contributed by atoms with Crippen molar-refractivity contribution < 1.29 is 24.6 Å². The van der Waals surface area contributed by atoms with Gasteiger partial charge in [-0.15, -0.1) is 0 Å². The van der Waals surface area contributed by atoms with Crippen molar-refractivity contribution in [2.75, 3.05) is 6.61 Å². The molecule has 5 heteroatoms. The molecule has 3 rings (SSSR count). The first-order chi connectivity index (χ1) is 20.0. The lowest BCUT2D eigenvalue weighted by Gasteiger charge is -2.19. The van der Waals surface area contributed by atoms with Crippen molar-refractivity contribution in [3.05, 3.63) is 106 Å². The summed E-state index contributed by atoms with van der Waals surface area (Å²) in [5.41, 5.74) is 9.94. The molecule has 0 aliphatic carbocycles. The van der Waals surface area contributed by atoms with Crippen LogP contribution < -0.4 is 0 Å². The summed E-state index contributed by atoms with van der Waals surface area (Å²) in [7, 11) is 0. The number of aryl methyl sites for hydroxylation is 6. The van der Waals surface area contributed by atoms with E-state index in [0.717, 1.165) is 0 Å². The minimum absolute atomic E-state index is 0.222. The van der Waals surface area contributed by atoms with Gasteiger partial charge in [0.05, 0.1) is 0 Å². The normalized spacial score (nSPS) is 8.88. The maximum atomic E-state index is 9.37. The third-order valence-electron chi connectivity index (χ3n) is 6.03. The molecule has 0 aromatic heterocycles. The van der Waals surface area contributed by atoms with Crippen LogP contribution in [0, 0.1) is 41.5 Å². The molecule has 0 saturated carbocycles. The quantitative estimate of drug-likeness (QED) is 0.307. The highest BCUT2D eigenvalue weighted by atomic mass is 16.4. The van der Waals surface area contributed by atoms with Gasteiger partial charge in [-0.25, -0.2) is 0 Å². The van der Waals surface area contributed by atoms with Crippen LogP contribution in [0.2, 0.25) is 0 Å². The maximum Gasteiger partial charge on any atom is 0.373 e. The SMILES string of the molecule is CCC(=O)O.CCCC.CCO.Cc1ccc(C(C)(C)C)cc1C.Cc1ccccc1C.Cc1ccccc1C.O=C=O. The summed E-state index contributed by atoms with van der Waals surface area (Å²) in [4.78, 5) is 25.6. The van der Waals surface area contributed by atoms with Gasteiger partial charge in [0, 0.05) is 13.0 Å². The molecule has 0 fully saturated rings. The Balaban J connectivity index is -0.000000220. The summed E-state index contributed by atoms with van der Waals surface area (Å²) in [5, 5.41) is 15.3. The van der Waals surface area contributed by atoms with E-state index in [9.17, 15) is 4.79 Å². The summed E-state index contributed by atoms with van der Waals surface area (Å²) in [6.07, 6.45) is 3.11. The number of aliphatic carboxylic acids is 1. The summed E-state index contributed by atoms with van der Waals surface area (Å²) < 4.78 is 0. The van der Waals surface area contributed by atoms with E-state index in [1.165, 1.54) is 51.8 Å². The topological polar surface area (TPSA) is 91.7 Å². The molecular formula is C38H60O5.